The number of alkyl halides is 3. The number of halogens is 3. The summed E-state index contributed by atoms with van der Waals surface area (Å²) in [6.45, 7) is 0. The van der Waals surface area contributed by atoms with Crippen molar-refractivity contribution in [1.82, 2.24) is 9.78 Å². The molecule has 0 amide bonds. The van der Waals surface area contributed by atoms with E-state index in [2.05, 4.69) is 5.10 Å². The van der Waals surface area contributed by atoms with Crippen LogP contribution in [0.15, 0.2) is 36.7 Å². The lowest BCUT2D eigenvalue weighted by Crippen LogP contribution is -2.32. The highest BCUT2D eigenvalue weighted by Crippen LogP contribution is 2.31. The number of hydrogen-bond acceptors (Lipinski definition) is 4. The number of nitrogens with zero attached hydrogens (tertiary/aromatic N) is 3. The molecule has 0 spiro atoms. The zero-order valence-corrected chi connectivity index (χ0v) is 9.96. The van der Waals surface area contributed by atoms with Crippen LogP contribution in [0.3, 0.4) is 0 Å². The van der Waals surface area contributed by atoms with Crippen molar-refractivity contribution in [3.05, 3.63) is 42.2 Å². The summed E-state index contributed by atoms with van der Waals surface area (Å²) in [5, 5.41) is 21.4. The lowest BCUT2D eigenvalue weighted by molar-refractivity contribution is -0.137. The summed E-state index contributed by atoms with van der Waals surface area (Å²) < 4.78 is 38.6. The molecule has 6 nitrogen and oxygen atoms in total. The van der Waals surface area contributed by atoms with Crippen LogP contribution in [0.5, 0.6) is 0 Å². The monoisotopic (exact) mass is 285 g/mol. The highest BCUT2D eigenvalue weighted by Gasteiger charge is 2.31. The maximum atomic E-state index is 12.6. The van der Waals surface area contributed by atoms with E-state index < -0.39 is 17.7 Å². The minimum absolute atomic E-state index is 0.209. The van der Waals surface area contributed by atoms with E-state index in [9.17, 15) is 18.4 Å². The van der Waals surface area contributed by atoms with E-state index in [-0.39, 0.29) is 16.4 Å². The number of aromatic nitrogens is 2. The summed E-state index contributed by atoms with van der Waals surface area (Å²) >= 11 is 0. The number of nitrogens with two attached hydrogens (primary N) is 1. The summed E-state index contributed by atoms with van der Waals surface area (Å²) in [6.07, 6.45) is -2.04. The Hall–Kier alpha value is -2.55. The second-order valence-electron chi connectivity index (χ2n) is 3.90. The molecule has 0 aliphatic rings. The molecule has 1 heterocycles. The Morgan fingerprint density at radius 1 is 1.40 bits per heavy atom. The Kier molecular flexibility index (Phi) is 3.36. The SMILES string of the molecule is N=C(N(O)c1cccc(C(F)(F)F)c1)n1cc(N)cn1. The van der Waals surface area contributed by atoms with E-state index in [0.29, 0.717) is 0 Å². The quantitative estimate of drug-likeness (QED) is 0.425. The number of hydrogen-bond donors (Lipinski definition) is 3. The van der Waals surface area contributed by atoms with Crippen LogP contribution in [-0.2, 0) is 6.18 Å². The normalized spacial score (nSPS) is 11.4. The van der Waals surface area contributed by atoms with Crippen molar-refractivity contribution in [3.8, 4) is 0 Å². The second kappa shape index (κ2) is 4.85. The number of nitrogens with one attached hydrogen (secondary N) is 1. The van der Waals surface area contributed by atoms with E-state index >= 15 is 0 Å². The van der Waals surface area contributed by atoms with Crippen molar-refractivity contribution in [1.29, 1.82) is 5.41 Å². The number of anilines is 2. The molecular weight excluding hydrogens is 275 g/mol. The van der Waals surface area contributed by atoms with Gasteiger partial charge in [-0.05, 0) is 18.2 Å². The molecule has 106 valence electrons. The number of nitrogen functional groups attached to an aromatic ring is 1. The third kappa shape index (κ3) is 2.72. The molecule has 0 aliphatic carbocycles. The van der Waals surface area contributed by atoms with Gasteiger partial charge in [-0.15, -0.1) is 0 Å². The van der Waals surface area contributed by atoms with E-state index in [1.807, 2.05) is 0 Å². The molecule has 2 aromatic rings. The van der Waals surface area contributed by atoms with Gasteiger partial charge >= 0.3 is 6.18 Å². The van der Waals surface area contributed by atoms with Crippen molar-refractivity contribution in [2.75, 3.05) is 10.8 Å². The Balaban J connectivity index is 2.29. The fourth-order valence-electron chi connectivity index (χ4n) is 1.49. The zero-order valence-electron chi connectivity index (χ0n) is 9.96. The van der Waals surface area contributed by atoms with E-state index in [0.717, 1.165) is 22.9 Å². The highest BCUT2D eigenvalue weighted by molar-refractivity contribution is 5.92. The zero-order chi connectivity index (χ0) is 14.9. The molecule has 4 N–H and O–H groups in total. The summed E-state index contributed by atoms with van der Waals surface area (Å²) in [7, 11) is 0. The van der Waals surface area contributed by atoms with Crippen LogP contribution >= 0.6 is 0 Å². The lowest BCUT2D eigenvalue weighted by atomic mass is 10.2. The minimum atomic E-state index is -4.53. The van der Waals surface area contributed by atoms with Crippen molar-refractivity contribution >= 4 is 17.3 Å². The molecule has 0 saturated carbocycles. The van der Waals surface area contributed by atoms with Crippen LogP contribution in [0.4, 0.5) is 24.5 Å². The third-order valence-corrected chi connectivity index (χ3v) is 2.44. The molecule has 0 unspecified atom stereocenters. The van der Waals surface area contributed by atoms with Gasteiger partial charge in [0.2, 0.25) is 5.96 Å². The summed E-state index contributed by atoms with van der Waals surface area (Å²) in [4.78, 5) is 0. The molecule has 1 aromatic heterocycles. The molecule has 1 aromatic carbocycles. The first-order valence-electron chi connectivity index (χ1n) is 5.34. The van der Waals surface area contributed by atoms with Gasteiger partial charge < -0.3 is 5.73 Å². The third-order valence-electron chi connectivity index (χ3n) is 2.44. The topological polar surface area (TPSA) is 91.2 Å². The standard InChI is InChI=1S/C11H10F3N5O/c12-11(13,14)7-2-1-3-9(4-7)19(20)10(16)18-6-8(15)5-17-18/h1-6,16,20H,15H2. The minimum Gasteiger partial charge on any atom is -0.396 e. The van der Waals surface area contributed by atoms with Crippen molar-refractivity contribution in [3.63, 3.8) is 0 Å². The predicted molar refractivity (Wildman–Crippen MR) is 65.5 cm³/mol. The molecule has 0 bridgehead atoms. The van der Waals surface area contributed by atoms with Gasteiger partial charge in [-0.25, -0.2) is 4.68 Å². The first kappa shape index (κ1) is 13.9. The number of benzene rings is 1. The van der Waals surface area contributed by atoms with Crippen LogP contribution in [0.2, 0.25) is 0 Å². The average Bonchev–Trinajstić information content (AvgIpc) is 2.83. The summed E-state index contributed by atoms with van der Waals surface area (Å²) in [6, 6.07) is 3.96. The van der Waals surface area contributed by atoms with E-state index in [4.69, 9.17) is 11.1 Å². The van der Waals surface area contributed by atoms with Crippen LogP contribution < -0.4 is 10.8 Å². The molecule has 0 aliphatic heterocycles. The van der Waals surface area contributed by atoms with Gasteiger partial charge in [-0.2, -0.15) is 23.3 Å². The summed E-state index contributed by atoms with van der Waals surface area (Å²) in [5.74, 6) is -0.555. The van der Waals surface area contributed by atoms with Gasteiger partial charge in [-0.3, -0.25) is 10.6 Å². The van der Waals surface area contributed by atoms with Gasteiger partial charge in [-0.1, -0.05) is 6.07 Å². The lowest BCUT2D eigenvalue weighted by Gasteiger charge is -2.18. The largest absolute Gasteiger partial charge is 0.416 e. The first-order chi connectivity index (χ1) is 9.29. The number of hydroxylamine groups is 1. The van der Waals surface area contributed by atoms with Gasteiger partial charge in [0.05, 0.1) is 29.3 Å². The molecule has 0 fully saturated rings. The maximum absolute atomic E-state index is 12.6. The summed E-state index contributed by atoms with van der Waals surface area (Å²) in [5.41, 5.74) is 4.53. The molecule has 2 rings (SSSR count). The molecule has 0 atom stereocenters. The fraction of sp³-hybridized carbons (Fsp3) is 0.0909. The van der Waals surface area contributed by atoms with Crippen LogP contribution in [0, 0.1) is 5.41 Å². The van der Waals surface area contributed by atoms with Gasteiger partial charge in [0.15, 0.2) is 0 Å². The molecule has 0 saturated heterocycles. The van der Waals surface area contributed by atoms with Crippen molar-refractivity contribution in [2.24, 2.45) is 0 Å². The molecule has 0 radical (unpaired) electrons. The first-order valence-corrected chi connectivity index (χ1v) is 5.34. The smallest absolute Gasteiger partial charge is 0.396 e. The Bertz CT molecular complexity index is 637. The van der Waals surface area contributed by atoms with Gasteiger partial charge in [0.25, 0.3) is 0 Å². The second-order valence-corrected chi connectivity index (χ2v) is 3.90. The highest BCUT2D eigenvalue weighted by atomic mass is 19.4. The predicted octanol–water partition coefficient (Wildman–Crippen LogP) is 2.16. The fourth-order valence-corrected chi connectivity index (χ4v) is 1.49. The van der Waals surface area contributed by atoms with Crippen LogP contribution in [-0.4, -0.2) is 20.9 Å². The van der Waals surface area contributed by atoms with Crippen LogP contribution in [0.1, 0.15) is 5.56 Å². The number of rotatable bonds is 1. The molecule has 20 heavy (non-hydrogen) atoms. The van der Waals surface area contributed by atoms with Crippen molar-refractivity contribution < 1.29 is 18.4 Å². The van der Waals surface area contributed by atoms with Crippen LogP contribution in [0.25, 0.3) is 0 Å². The van der Waals surface area contributed by atoms with Gasteiger partial charge in [0.1, 0.15) is 0 Å². The Morgan fingerprint density at radius 2 is 2.10 bits per heavy atom. The average molecular weight is 285 g/mol. The van der Waals surface area contributed by atoms with E-state index in [1.165, 1.54) is 18.5 Å². The van der Waals surface area contributed by atoms with E-state index in [1.54, 1.807) is 0 Å². The van der Waals surface area contributed by atoms with Crippen molar-refractivity contribution in [2.45, 2.75) is 6.18 Å². The Morgan fingerprint density at radius 3 is 2.65 bits per heavy atom. The molecular formula is C11H10F3N5O. The maximum Gasteiger partial charge on any atom is 0.416 e. The Labute approximate surface area is 111 Å². The van der Waals surface area contributed by atoms with Gasteiger partial charge in [0, 0.05) is 0 Å². The molecule has 9 heteroatoms.